The Hall–Kier alpha value is -0.690. The lowest BCUT2D eigenvalue weighted by molar-refractivity contribution is -0.123. The van der Waals surface area contributed by atoms with E-state index in [1.165, 1.54) is 0 Å². The first kappa shape index (κ1) is 15.7. The molecule has 2 rings (SSSR count). The topological polar surface area (TPSA) is 65.0 Å². The normalized spacial score (nSPS) is 25.6. The third kappa shape index (κ3) is 5.75. The molecule has 20 heavy (non-hydrogen) atoms. The highest BCUT2D eigenvalue weighted by atomic mass is 16.5. The van der Waals surface area contributed by atoms with Gasteiger partial charge in [0.05, 0.1) is 25.9 Å². The number of nitrogens with one attached hydrogen (secondary N) is 1. The predicted molar refractivity (Wildman–Crippen MR) is 76.6 cm³/mol. The molecule has 1 amide bonds. The summed E-state index contributed by atoms with van der Waals surface area (Å²) < 4.78 is 5.26. The fourth-order valence-electron chi connectivity index (χ4n) is 2.78. The first-order valence-corrected chi connectivity index (χ1v) is 7.71. The molecule has 0 unspecified atom stereocenters. The summed E-state index contributed by atoms with van der Waals surface area (Å²) in [6.07, 6.45) is 2.78. The number of aliphatic hydroxyl groups excluding tert-OH is 1. The van der Waals surface area contributed by atoms with Gasteiger partial charge in [-0.2, -0.15) is 0 Å². The van der Waals surface area contributed by atoms with Crippen molar-refractivity contribution < 1.29 is 14.6 Å². The average Bonchev–Trinajstić information content (AvgIpc) is 2.45. The number of aliphatic hydroxyl groups is 1. The number of likely N-dealkylation sites (tertiary alicyclic amines) is 1. The molecule has 6 nitrogen and oxygen atoms in total. The van der Waals surface area contributed by atoms with Gasteiger partial charge in [-0.3, -0.25) is 9.69 Å². The van der Waals surface area contributed by atoms with Crippen LogP contribution >= 0.6 is 0 Å². The number of morpholine rings is 1. The molecule has 2 saturated heterocycles. The van der Waals surface area contributed by atoms with Crippen LogP contribution in [0.2, 0.25) is 0 Å². The highest BCUT2D eigenvalue weighted by Crippen LogP contribution is 2.09. The molecular formula is C14H27N3O3. The summed E-state index contributed by atoms with van der Waals surface area (Å²) in [5.41, 5.74) is 0. The van der Waals surface area contributed by atoms with Crippen molar-refractivity contribution in [1.82, 2.24) is 15.1 Å². The molecule has 6 heteroatoms. The largest absolute Gasteiger partial charge is 0.392 e. The molecule has 0 radical (unpaired) electrons. The van der Waals surface area contributed by atoms with Gasteiger partial charge < -0.3 is 20.1 Å². The minimum Gasteiger partial charge on any atom is -0.392 e. The van der Waals surface area contributed by atoms with Gasteiger partial charge in [0.2, 0.25) is 5.91 Å². The number of piperidine rings is 1. The van der Waals surface area contributed by atoms with Gasteiger partial charge in [0.1, 0.15) is 0 Å². The van der Waals surface area contributed by atoms with E-state index < -0.39 is 0 Å². The number of carbonyl (C=O) groups excluding carboxylic acids is 1. The van der Waals surface area contributed by atoms with Crippen molar-refractivity contribution in [2.45, 2.75) is 25.4 Å². The second-order valence-electron chi connectivity index (χ2n) is 5.69. The number of hydrogen-bond acceptors (Lipinski definition) is 5. The summed E-state index contributed by atoms with van der Waals surface area (Å²) in [6.45, 7) is 7.14. The molecule has 0 saturated carbocycles. The number of rotatable bonds is 6. The Kier molecular flexibility index (Phi) is 6.72. The molecule has 2 aliphatic rings. The molecule has 0 bridgehead atoms. The molecule has 1 atom stereocenters. The van der Waals surface area contributed by atoms with Crippen molar-refractivity contribution >= 4 is 5.91 Å². The fraction of sp³-hybridized carbons (Fsp3) is 0.929. The van der Waals surface area contributed by atoms with Gasteiger partial charge in [-0.25, -0.2) is 0 Å². The molecule has 0 aliphatic carbocycles. The van der Waals surface area contributed by atoms with Gasteiger partial charge in [0.25, 0.3) is 0 Å². The van der Waals surface area contributed by atoms with Crippen LogP contribution in [-0.2, 0) is 9.53 Å². The maximum atomic E-state index is 11.8. The summed E-state index contributed by atoms with van der Waals surface area (Å²) in [6, 6.07) is 0. The van der Waals surface area contributed by atoms with E-state index in [4.69, 9.17) is 4.74 Å². The maximum absolute atomic E-state index is 11.8. The van der Waals surface area contributed by atoms with Crippen LogP contribution in [0.4, 0.5) is 0 Å². The first-order valence-electron chi connectivity index (χ1n) is 7.71. The number of hydrogen-bond donors (Lipinski definition) is 2. The van der Waals surface area contributed by atoms with E-state index in [1.54, 1.807) is 0 Å². The lowest BCUT2D eigenvalue weighted by atomic mass is 10.1. The van der Waals surface area contributed by atoms with Crippen LogP contribution in [0.5, 0.6) is 0 Å². The van der Waals surface area contributed by atoms with E-state index in [-0.39, 0.29) is 12.0 Å². The van der Waals surface area contributed by atoms with Crippen LogP contribution in [-0.4, -0.2) is 85.9 Å². The van der Waals surface area contributed by atoms with Crippen LogP contribution in [0.15, 0.2) is 0 Å². The standard InChI is InChI=1S/C14H27N3O3/c18-13-3-1-5-16(11-13)6-2-4-15-14(19)12-17-7-9-20-10-8-17/h13,18H,1-12H2,(H,15,19)/t13-/m0/s1. The fourth-order valence-corrected chi connectivity index (χ4v) is 2.78. The number of carbonyl (C=O) groups is 1. The van der Waals surface area contributed by atoms with Gasteiger partial charge in [-0.1, -0.05) is 0 Å². The predicted octanol–water partition coefficient (Wildman–Crippen LogP) is -0.718. The summed E-state index contributed by atoms with van der Waals surface area (Å²) in [4.78, 5) is 16.2. The summed E-state index contributed by atoms with van der Waals surface area (Å²) in [7, 11) is 0. The number of nitrogens with zero attached hydrogens (tertiary/aromatic N) is 2. The summed E-state index contributed by atoms with van der Waals surface area (Å²) in [5, 5.41) is 12.5. The number of amides is 1. The van der Waals surface area contributed by atoms with E-state index in [2.05, 4.69) is 15.1 Å². The van der Waals surface area contributed by atoms with E-state index in [1.807, 2.05) is 0 Å². The lowest BCUT2D eigenvalue weighted by Crippen LogP contribution is -2.44. The molecule has 0 spiro atoms. The SMILES string of the molecule is O=C(CN1CCOCC1)NCCCN1CCC[C@H](O)C1. The third-order valence-corrected chi connectivity index (χ3v) is 3.92. The van der Waals surface area contributed by atoms with E-state index >= 15 is 0 Å². The second-order valence-corrected chi connectivity index (χ2v) is 5.69. The van der Waals surface area contributed by atoms with E-state index in [9.17, 15) is 9.90 Å². The van der Waals surface area contributed by atoms with E-state index in [0.29, 0.717) is 6.54 Å². The van der Waals surface area contributed by atoms with Crippen molar-refractivity contribution in [3.8, 4) is 0 Å². The van der Waals surface area contributed by atoms with Crippen LogP contribution in [0.3, 0.4) is 0 Å². The van der Waals surface area contributed by atoms with Crippen LogP contribution in [0, 0.1) is 0 Å². The molecule has 0 aromatic carbocycles. The Morgan fingerprint density at radius 3 is 2.80 bits per heavy atom. The monoisotopic (exact) mass is 285 g/mol. The minimum atomic E-state index is -0.167. The van der Waals surface area contributed by atoms with Crippen molar-refractivity contribution in [2.75, 3.05) is 59.0 Å². The Labute approximate surface area is 121 Å². The van der Waals surface area contributed by atoms with Crippen molar-refractivity contribution in [3.05, 3.63) is 0 Å². The Morgan fingerprint density at radius 1 is 1.25 bits per heavy atom. The zero-order valence-electron chi connectivity index (χ0n) is 12.2. The molecule has 2 heterocycles. The molecule has 0 aromatic rings. The molecule has 2 fully saturated rings. The Bertz CT molecular complexity index is 295. The number of ether oxygens (including phenoxy) is 1. The Morgan fingerprint density at radius 2 is 2.05 bits per heavy atom. The highest BCUT2D eigenvalue weighted by molar-refractivity contribution is 5.77. The third-order valence-electron chi connectivity index (χ3n) is 3.92. The van der Waals surface area contributed by atoms with E-state index in [0.717, 1.165) is 71.7 Å². The maximum Gasteiger partial charge on any atom is 0.234 e. The highest BCUT2D eigenvalue weighted by Gasteiger charge is 2.17. The van der Waals surface area contributed by atoms with Crippen LogP contribution in [0.1, 0.15) is 19.3 Å². The second kappa shape index (κ2) is 8.56. The van der Waals surface area contributed by atoms with Crippen molar-refractivity contribution in [3.63, 3.8) is 0 Å². The summed E-state index contributed by atoms with van der Waals surface area (Å²) >= 11 is 0. The van der Waals surface area contributed by atoms with Crippen molar-refractivity contribution in [1.29, 1.82) is 0 Å². The van der Waals surface area contributed by atoms with Gasteiger partial charge >= 0.3 is 0 Å². The van der Waals surface area contributed by atoms with Gasteiger partial charge in [-0.15, -0.1) is 0 Å². The average molecular weight is 285 g/mol. The molecule has 0 aromatic heterocycles. The molecule has 2 N–H and O–H groups in total. The van der Waals surface area contributed by atoms with Gasteiger partial charge in [0, 0.05) is 26.2 Å². The smallest absolute Gasteiger partial charge is 0.234 e. The lowest BCUT2D eigenvalue weighted by Gasteiger charge is -2.30. The zero-order chi connectivity index (χ0) is 14.2. The van der Waals surface area contributed by atoms with Crippen LogP contribution in [0.25, 0.3) is 0 Å². The molecule has 116 valence electrons. The Balaban J connectivity index is 1.50. The van der Waals surface area contributed by atoms with Crippen molar-refractivity contribution in [2.24, 2.45) is 0 Å². The molecule has 2 aliphatic heterocycles. The molecular weight excluding hydrogens is 258 g/mol. The van der Waals surface area contributed by atoms with Gasteiger partial charge in [0.15, 0.2) is 0 Å². The summed E-state index contributed by atoms with van der Waals surface area (Å²) in [5.74, 6) is 0.102. The minimum absolute atomic E-state index is 0.102. The van der Waals surface area contributed by atoms with Crippen LogP contribution < -0.4 is 5.32 Å². The van der Waals surface area contributed by atoms with Gasteiger partial charge in [-0.05, 0) is 32.4 Å². The quantitative estimate of drug-likeness (QED) is 0.631. The zero-order valence-corrected chi connectivity index (χ0v) is 12.2. The first-order chi connectivity index (χ1) is 9.74. The number of β-amino-alcohol motifs (C(OH)–C–C–N with tert-alkyl or cyclic N) is 1.